The first-order valence-electron chi connectivity index (χ1n) is 19.6. The lowest BCUT2D eigenvalue weighted by molar-refractivity contribution is -0.438. The fraction of sp³-hybridized carbons (Fsp3) is 0.375. The van der Waals surface area contributed by atoms with Gasteiger partial charge in [0.1, 0.15) is 12.3 Å². The molecule has 276 valence electrons. The van der Waals surface area contributed by atoms with Crippen molar-refractivity contribution in [1.82, 2.24) is 0 Å². The molecule has 0 spiro atoms. The van der Waals surface area contributed by atoms with Crippen LogP contribution in [0.5, 0.6) is 0 Å². The number of carbonyl (C=O) groups is 1. The van der Waals surface area contributed by atoms with Crippen LogP contribution >= 0.6 is 12.0 Å². The first kappa shape index (κ1) is 38.5. The van der Waals surface area contributed by atoms with E-state index in [0.29, 0.717) is 12.2 Å². The van der Waals surface area contributed by atoms with E-state index in [4.69, 9.17) is 0 Å². The molecule has 4 aromatic carbocycles. The summed E-state index contributed by atoms with van der Waals surface area (Å²) in [7, 11) is 0. The normalized spacial score (nSPS) is 17.2. The fourth-order valence-electron chi connectivity index (χ4n) is 8.51. The minimum Gasteiger partial charge on any atom is -0.344 e. The number of hydrogen-bond acceptors (Lipinski definition) is 4. The molecule has 2 aliphatic rings. The minimum atomic E-state index is -0.152. The van der Waals surface area contributed by atoms with Gasteiger partial charge in [-0.3, -0.25) is 4.79 Å². The van der Waals surface area contributed by atoms with Gasteiger partial charge >= 0.3 is 0 Å². The number of unbranched alkanes of at least 4 members (excludes halogenated alkanes) is 3. The molecule has 0 fully saturated rings. The maximum atomic E-state index is 12.2. The molecule has 0 aromatic heterocycles. The van der Waals surface area contributed by atoms with Crippen LogP contribution in [0.4, 0.5) is 11.4 Å². The van der Waals surface area contributed by atoms with E-state index in [2.05, 4.69) is 152 Å². The van der Waals surface area contributed by atoms with Crippen molar-refractivity contribution in [3.8, 4) is 0 Å². The zero-order valence-electron chi connectivity index (χ0n) is 32.6. The number of benzene rings is 4. The van der Waals surface area contributed by atoms with Crippen LogP contribution in [-0.4, -0.2) is 39.5 Å². The van der Waals surface area contributed by atoms with Crippen molar-refractivity contribution < 1.29 is 13.9 Å². The molecule has 0 atom stereocenters. The molecule has 1 N–H and O–H groups in total. The van der Waals surface area contributed by atoms with Gasteiger partial charge in [0.05, 0.1) is 5.41 Å². The van der Waals surface area contributed by atoms with Crippen LogP contribution < -0.4 is 4.90 Å². The minimum absolute atomic E-state index is 0.119. The predicted octanol–water partition coefficient (Wildman–Crippen LogP) is 12.5. The molecule has 2 aliphatic heterocycles. The molecular weight excluding hydrogens is 669 g/mol. The van der Waals surface area contributed by atoms with E-state index in [-0.39, 0.29) is 16.7 Å². The van der Waals surface area contributed by atoms with E-state index < -0.39 is 0 Å². The van der Waals surface area contributed by atoms with Crippen molar-refractivity contribution in [2.45, 2.75) is 90.9 Å². The smallest absolute Gasteiger partial charge is 0.210 e. The molecule has 2 heterocycles. The van der Waals surface area contributed by atoms with Gasteiger partial charge in [-0.1, -0.05) is 113 Å². The Balaban J connectivity index is 1.23. The van der Waals surface area contributed by atoms with E-state index in [9.17, 15) is 9.35 Å². The van der Waals surface area contributed by atoms with E-state index in [1.54, 1.807) is 0 Å². The third-order valence-corrected chi connectivity index (χ3v) is 11.7. The monoisotopic (exact) mass is 725 g/mol. The van der Waals surface area contributed by atoms with Gasteiger partial charge in [-0.05, 0) is 96.9 Å². The summed E-state index contributed by atoms with van der Waals surface area (Å²) in [5.41, 5.74) is 7.70. The summed E-state index contributed by atoms with van der Waals surface area (Å²) in [6.07, 6.45) is 21.1. The van der Waals surface area contributed by atoms with Gasteiger partial charge in [-0.15, -0.1) is 0 Å². The molecule has 0 unspecified atom stereocenters. The molecule has 0 aliphatic carbocycles. The lowest BCUT2D eigenvalue weighted by Crippen LogP contribution is -2.28. The molecule has 0 saturated heterocycles. The third-order valence-electron chi connectivity index (χ3n) is 11.3. The third kappa shape index (κ3) is 8.03. The molecule has 0 saturated carbocycles. The Morgan fingerprint density at radius 3 is 2.13 bits per heavy atom. The summed E-state index contributed by atoms with van der Waals surface area (Å²) in [6, 6.07) is 26.6. The zero-order chi connectivity index (χ0) is 37.6. The standard InChI is InChI=1S/C48H56N2O2S/c1-35(2)42(51)25-11-10-18-32-49-40-30-28-36-21-14-16-23-38(36)45(40)47(3,4)43(49)26-12-8-7-9-13-27-44-48(5,6)46-39-24-17-15-22-37(39)29-31-41(46)50(44)33-19-20-34-53-52/h7-9,12-17,21-24,26-31,35H,10-11,18-20,25,32-34H2,1-6H3/p+1. The van der Waals surface area contributed by atoms with Crippen molar-refractivity contribution >= 4 is 56.5 Å². The van der Waals surface area contributed by atoms with Gasteiger partial charge < -0.3 is 9.45 Å². The number of rotatable bonds is 16. The number of nitrogens with zero attached hydrogens (tertiary/aromatic N) is 2. The second kappa shape index (κ2) is 16.9. The molecule has 0 bridgehead atoms. The lowest BCUT2D eigenvalue weighted by Gasteiger charge is -2.27. The first-order chi connectivity index (χ1) is 25.6. The summed E-state index contributed by atoms with van der Waals surface area (Å²) < 4.78 is 11.8. The van der Waals surface area contributed by atoms with Crippen LogP contribution in [0, 0.1) is 5.92 Å². The quantitative estimate of drug-likeness (QED) is 0.0540. The largest absolute Gasteiger partial charge is 0.344 e. The van der Waals surface area contributed by atoms with Crippen LogP contribution in [0.3, 0.4) is 0 Å². The van der Waals surface area contributed by atoms with Crippen molar-refractivity contribution in [2.75, 3.05) is 23.7 Å². The Bertz CT molecular complexity index is 2110. The van der Waals surface area contributed by atoms with E-state index >= 15 is 0 Å². The van der Waals surface area contributed by atoms with E-state index in [0.717, 1.165) is 63.0 Å². The Labute approximate surface area is 321 Å². The van der Waals surface area contributed by atoms with E-state index in [1.165, 1.54) is 55.5 Å². The maximum absolute atomic E-state index is 12.2. The van der Waals surface area contributed by atoms with Crippen LogP contribution in [0.25, 0.3) is 21.5 Å². The summed E-state index contributed by atoms with van der Waals surface area (Å²) in [4.78, 5) is 14.7. The van der Waals surface area contributed by atoms with Gasteiger partial charge in [-0.2, -0.15) is 4.58 Å². The van der Waals surface area contributed by atoms with E-state index in [1.807, 2.05) is 13.8 Å². The summed E-state index contributed by atoms with van der Waals surface area (Å²) in [5.74, 6) is 1.25. The molecular formula is C48H57N2O2S+. The number of hydrogen-bond donors (Lipinski definition) is 1. The highest BCUT2D eigenvalue weighted by molar-refractivity contribution is 7.93. The van der Waals surface area contributed by atoms with Crippen LogP contribution in [0.15, 0.2) is 121 Å². The first-order valence-corrected chi connectivity index (χ1v) is 20.5. The second-order valence-corrected chi connectivity index (χ2v) is 16.6. The van der Waals surface area contributed by atoms with Crippen LogP contribution in [-0.2, 0) is 15.6 Å². The Morgan fingerprint density at radius 1 is 0.755 bits per heavy atom. The highest BCUT2D eigenvalue weighted by Gasteiger charge is 2.45. The molecule has 4 nitrogen and oxygen atoms in total. The molecule has 0 amide bonds. The topological polar surface area (TPSA) is 43.5 Å². The van der Waals surface area contributed by atoms with Gasteiger partial charge in [-0.25, -0.2) is 0 Å². The van der Waals surface area contributed by atoms with Gasteiger partial charge in [0.15, 0.2) is 5.71 Å². The maximum Gasteiger partial charge on any atom is 0.210 e. The van der Waals surface area contributed by atoms with Crippen LogP contribution in [0.2, 0.25) is 0 Å². The lowest BCUT2D eigenvalue weighted by atomic mass is 9.79. The molecule has 53 heavy (non-hydrogen) atoms. The molecule has 4 aromatic rings. The zero-order valence-corrected chi connectivity index (χ0v) is 33.4. The average Bonchev–Trinajstić information content (AvgIpc) is 3.50. The fourth-order valence-corrected chi connectivity index (χ4v) is 8.84. The summed E-state index contributed by atoms with van der Waals surface area (Å²) in [6.45, 7) is 15.3. The van der Waals surface area contributed by atoms with Gasteiger partial charge in [0, 0.05) is 65.6 Å². The van der Waals surface area contributed by atoms with Crippen molar-refractivity contribution in [2.24, 2.45) is 5.92 Å². The predicted molar refractivity (Wildman–Crippen MR) is 229 cm³/mol. The number of fused-ring (bicyclic) bond motifs is 6. The Morgan fingerprint density at radius 2 is 1.42 bits per heavy atom. The second-order valence-electron chi connectivity index (χ2n) is 16.0. The van der Waals surface area contributed by atoms with Crippen molar-refractivity contribution in [3.63, 3.8) is 0 Å². The van der Waals surface area contributed by atoms with Crippen molar-refractivity contribution in [3.05, 3.63) is 132 Å². The number of carbonyl (C=O) groups excluding carboxylic acids is 1. The number of anilines is 1. The van der Waals surface area contributed by atoms with Crippen LogP contribution in [0.1, 0.15) is 91.2 Å². The molecule has 0 radical (unpaired) electrons. The highest BCUT2D eigenvalue weighted by Crippen LogP contribution is 2.51. The summed E-state index contributed by atoms with van der Waals surface area (Å²) in [5, 5.41) is 5.20. The van der Waals surface area contributed by atoms with Gasteiger partial charge in [0.2, 0.25) is 5.69 Å². The number of ketones is 1. The Kier molecular flexibility index (Phi) is 12.3. The number of Topliss-reactive ketones (excluding diaryl/α,β-unsaturated/α-hetero) is 1. The average molecular weight is 726 g/mol. The highest BCUT2D eigenvalue weighted by atomic mass is 32.2. The molecule has 5 heteroatoms. The van der Waals surface area contributed by atoms with Gasteiger partial charge in [0.25, 0.3) is 0 Å². The summed E-state index contributed by atoms with van der Waals surface area (Å²) >= 11 is 0.935. The Hall–Kier alpha value is -4.19. The van der Waals surface area contributed by atoms with Crippen molar-refractivity contribution in [1.29, 1.82) is 0 Å². The number of allylic oxidation sites excluding steroid dienone is 8. The SMILES string of the molecule is CC(C)C(=O)CCCCC[N+]1=C(C=CC=CC=CC=C2N(CCCCSO)c3ccc4ccccc4c3C2(C)C)C(C)(C)c2c1ccc1ccccc21. The molecule has 6 rings (SSSR count).